The average molecular weight is 538 g/mol. The average Bonchev–Trinajstić information content (AvgIpc) is 2.97. The number of likely N-dealkylation sites (tertiary alicyclic amines) is 1. The lowest BCUT2D eigenvalue weighted by molar-refractivity contribution is -0.200. The first-order valence-electron chi connectivity index (χ1n) is 14.9. The molecule has 2 fully saturated rings. The lowest BCUT2D eigenvalue weighted by Gasteiger charge is -2.35. The van der Waals surface area contributed by atoms with Crippen molar-refractivity contribution in [1.29, 1.82) is 0 Å². The summed E-state index contributed by atoms with van der Waals surface area (Å²) in [7, 11) is 0. The molecule has 2 aliphatic heterocycles. The van der Waals surface area contributed by atoms with Crippen molar-refractivity contribution >= 4 is 16.7 Å². The largest absolute Gasteiger partial charge is 0.489 e. The number of fused-ring (bicyclic) bond motifs is 1. The number of unbranched alkanes of at least 4 members (excludes halogenated alkanes) is 2. The van der Waals surface area contributed by atoms with Gasteiger partial charge in [0.1, 0.15) is 12.4 Å². The number of hydroxylamine groups is 1. The van der Waals surface area contributed by atoms with Crippen LogP contribution in [0.25, 0.3) is 10.8 Å². The van der Waals surface area contributed by atoms with E-state index < -0.39 is 0 Å². The van der Waals surface area contributed by atoms with Crippen LogP contribution in [0, 0.1) is 0 Å². The molecule has 2 saturated heterocycles. The Balaban J connectivity index is 1.24. The number of carbonyl (C=O) groups excluding carboxylic acids is 1. The van der Waals surface area contributed by atoms with E-state index in [0.29, 0.717) is 31.7 Å². The Kier molecular flexibility index (Phi) is 12.1. The van der Waals surface area contributed by atoms with E-state index in [1.165, 1.54) is 23.8 Å². The van der Waals surface area contributed by atoms with E-state index in [-0.39, 0.29) is 12.2 Å². The number of piperidine rings is 1. The molecule has 2 aromatic carbocycles. The molecule has 214 valence electrons. The lowest BCUT2D eigenvalue weighted by Crippen LogP contribution is -2.45. The highest BCUT2D eigenvalue weighted by Gasteiger charge is 2.20. The van der Waals surface area contributed by atoms with Crippen molar-refractivity contribution in [2.45, 2.75) is 90.0 Å². The van der Waals surface area contributed by atoms with E-state index in [1.807, 2.05) is 6.07 Å². The quantitative estimate of drug-likeness (QED) is 0.182. The van der Waals surface area contributed by atoms with Gasteiger partial charge in [-0.2, -0.15) is 0 Å². The molecule has 1 amide bonds. The van der Waals surface area contributed by atoms with Crippen molar-refractivity contribution in [3.63, 3.8) is 0 Å². The van der Waals surface area contributed by atoms with Crippen molar-refractivity contribution in [2.24, 2.45) is 0 Å². The van der Waals surface area contributed by atoms with Crippen molar-refractivity contribution in [3.05, 3.63) is 54.1 Å². The van der Waals surface area contributed by atoms with Crippen LogP contribution in [0.2, 0.25) is 0 Å². The van der Waals surface area contributed by atoms with Crippen LogP contribution in [0.5, 0.6) is 5.75 Å². The van der Waals surface area contributed by atoms with Gasteiger partial charge < -0.3 is 19.7 Å². The van der Waals surface area contributed by atoms with Gasteiger partial charge in [-0.1, -0.05) is 42.5 Å². The molecule has 2 aliphatic rings. The number of hydrogen-bond donors (Lipinski definition) is 2. The molecule has 2 N–H and O–H groups in total. The Hall–Kier alpha value is -2.45. The molecule has 4 rings (SSSR count). The summed E-state index contributed by atoms with van der Waals surface area (Å²) >= 11 is 0. The van der Waals surface area contributed by atoms with Gasteiger partial charge in [0.25, 0.3) is 0 Å². The fourth-order valence-corrected chi connectivity index (χ4v) is 5.29. The molecule has 2 heterocycles. The van der Waals surface area contributed by atoms with Crippen LogP contribution in [0.4, 0.5) is 0 Å². The van der Waals surface area contributed by atoms with Crippen LogP contribution in [0.3, 0.4) is 0 Å². The van der Waals surface area contributed by atoms with Crippen LogP contribution in [-0.2, 0) is 14.4 Å². The highest BCUT2D eigenvalue weighted by molar-refractivity contribution is 5.88. The van der Waals surface area contributed by atoms with Crippen LogP contribution in [0.15, 0.2) is 54.1 Å². The predicted molar refractivity (Wildman–Crippen MR) is 157 cm³/mol. The molecule has 0 radical (unpaired) electrons. The third-order valence-corrected chi connectivity index (χ3v) is 7.77. The molecule has 7 nitrogen and oxygen atoms in total. The number of ether oxygens (including phenoxy) is 2. The third kappa shape index (κ3) is 9.91. The molecule has 1 unspecified atom stereocenters. The van der Waals surface area contributed by atoms with Crippen LogP contribution in [0.1, 0.15) is 71.6 Å². The first-order chi connectivity index (χ1) is 19.1. The van der Waals surface area contributed by atoms with Gasteiger partial charge in [0.15, 0.2) is 6.29 Å². The fourth-order valence-electron chi connectivity index (χ4n) is 5.29. The number of nitrogens with zero attached hydrogens (tertiary/aromatic N) is 1. The van der Waals surface area contributed by atoms with Gasteiger partial charge in [-0.3, -0.25) is 4.79 Å². The van der Waals surface area contributed by atoms with Crippen LogP contribution < -0.4 is 15.5 Å². The minimum atomic E-state index is -0.306. The highest BCUT2D eigenvalue weighted by Crippen LogP contribution is 2.25. The number of rotatable bonds is 14. The number of carbonyl (C=O) groups is 1. The molecule has 39 heavy (non-hydrogen) atoms. The Morgan fingerprint density at radius 3 is 2.69 bits per heavy atom. The molecule has 7 heteroatoms. The zero-order valence-electron chi connectivity index (χ0n) is 23.8. The fraction of sp³-hybridized carbons (Fsp3) is 0.594. The number of amides is 1. The van der Waals surface area contributed by atoms with Crippen molar-refractivity contribution in [3.8, 4) is 5.75 Å². The first-order valence-corrected chi connectivity index (χ1v) is 14.9. The Morgan fingerprint density at radius 1 is 1.08 bits per heavy atom. The van der Waals surface area contributed by atoms with Gasteiger partial charge in [0.2, 0.25) is 5.91 Å². The Morgan fingerprint density at radius 2 is 1.90 bits per heavy atom. The van der Waals surface area contributed by atoms with E-state index in [2.05, 4.69) is 72.0 Å². The molecule has 2 aromatic rings. The lowest BCUT2D eigenvalue weighted by atomic mass is 10.0. The highest BCUT2D eigenvalue weighted by atomic mass is 16.8. The van der Waals surface area contributed by atoms with Gasteiger partial charge in [-0.15, -0.1) is 0 Å². The Labute approximate surface area is 234 Å². The Bertz CT molecular complexity index is 1040. The summed E-state index contributed by atoms with van der Waals surface area (Å²) < 4.78 is 11.8. The first kappa shape index (κ1) is 29.5. The van der Waals surface area contributed by atoms with Gasteiger partial charge in [-0.25, -0.2) is 10.3 Å². The minimum Gasteiger partial charge on any atom is -0.489 e. The van der Waals surface area contributed by atoms with Crippen molar-refractivity contribution in [1.82, 2.24) is 15.7 Å². The SMILES string of the molecule is CC(C)N1CCC(NCC(=CCCCCC(=O)NOC2CCCCO2)COc2cccc3ccccc23)CC1. The number of allylic oxidation sites excluding steroid dienone is 1. The zero-order chi connectivity index (χ0) is 27.3. The maximum Gasteiger partial charge on any atom is 0.243 e. The summed E-state index contributed by atoms with van der Waals surface area (Å²) in [5.74, 6) is 0.838. The number of hydrogen-bond acceptors (Lipinski definition) is 6. The summed E-state index contributed by atoms with van der Waals surface area (Å²) in [6, 6.07) is 15.7. The second kappa shape index (κ2) is 16.0. The van der Waals surface area contributed by atoms with E-state index in [9.17, 15) is 4.79 Å². The minimum absolute atomic E-state index is 0.0814. The van der Waals surface area contributed by atoms with Gasteiger partial charge in [0.05, 0.1) is 0 Å². The second-order valence-electron chi connectivity index (χ2n) is 11.1. The summed E-state index contributed by atoms with van der Waals surface area (Å²) in [6.45, 7) is 8.95. The smallest absolute Gasteiger partial charge is 0.243 e. The van der Waals surface area contributed by atoms with E-state index in [4.69, 9.17) is 14.3 Å². The molecule has 0 aliphatic carbocycles. The predicted octanol–water partition coefficient (Wildman–Crippen LogP) is 5.74. The maximum atomic E-state index is 12.2. The van der Waals surface area contributed by atoms with Gasteiger partial charge in [-0.05, 0) is 88.9 Å². The van der Waals surface area contributed by atoms with E-state index >= 15 is 0 Å². The van der Waals surface area contributed by atoms with Crippen molar-refractivity contribution < 1.29 is 19.1 Å². The third-order valence-electron chi connectivity index (χ3n) is 7.77. The summed E-state index contributed by atoms with van der Waals surface area (Å²) in [4.78, 5) is 20.1. The van der Waals surface area contributed by atoms with Crippen LogP contribution in [-0.4, -0.2) is 62.0 Å². The van der Waals surface area contributed by atoms with Gasteiger partial charge >= 0.3 is 0 Å². The topological polar surface area (TPSA) is 72.1 Å². The molecule has 1 atom stereocenters. The maximum absolute atomic E-state index is 12.2. The van der Waals surface area contributed by atoms with Gasteiger partial charge in [0, 0.05) is 43.5 Å². The molecular weight excluding hydrogens is 490 g/mol. The molecule has 0 aromatic heterocycles. The standard InChI is InChI=1S/C32H47N3O4/c1-25(2)35-20-18-28(19-21-35)33-23-26(24-38-30-15-10-13-27-12-6-7-14-29(27)30)11-4-3-5-16-31(36)34-39-32-17-8-9-22-37-32/h6-7,10-15,25,28,32-33H,3-5,8-9,16-24H2,1-2H3,(H,34,36). The summed E-state index contributed by atoms with van der Waals surface area (Å²) in [6.07, 6.45) is 10.4. The molecular formula is C32H47N3O4. The summed E-state index contributed by atoms with van der Waals surface area (Å²) in [5.41, 5.74) is 3.82. The van der Waals surface area contributed by atoms with Crippen molar-refractivity contribution in [2.75, 3.05) is 32.8 Å². The van der Waals surface area contributed by atoms with E-state index in [1.54, 1.807) is 0 Å². The molecule has 0 spiro atoms. The van der Waals surface area contributed by atoms with Crippen LogP contribution >= 0.6 is 0 Å². The monoisotopic (exact) mass is 537 g/mol. The number of benzene rings is 2. The molecule has 0 bridgehead atoms. The zero-order valence-corrected chi connectivity index (χ0v) is 23.8. The summed E-state index contributed by atoms with van der Waals surface area (Å²) in [5, 5.41) is 6.12. The second-order valence-corrected chi connectivity index (χ2v) is 11.1. The number of nitrogens with one attached hydrogen (secondary N) is 2. The normalized spacial score (nSPS) is 19.5. The molecule has 0 saturated carbocycles. The van der Waals surface area contributed by atoms with E-state index in [0.717, 1.165) is 69.3 Å².